The molecule has 0 saturated carbocycles. The molecule has 4 heterocycles. The SMILES string of the molecule is COC(=O)c1ncc2c(n1)N(C(=O)c1ccccn1)[C@H]1CCN2C1. The van der Waals surface area contributed by atoms with Crippen LogP contribution in [0.4, 0.5) is 11.5 Å². The number of hydrogen-bond acceptors (Lipinski definition) is 7. The summed E-state index contributed by atoms with van der Waals surface area (Å²) in [7, 11) is 1.27. The number of hydrogen-bond donors (Lipinski definition) is 0. The first kappa shape index (κ1) is 14.6. The number of rotatable bonds is 2. The molecule has 0 radical (unpaired) electrons. The minimum absolute atomic E-state index is 0.00685. The highest BCUT2D eigenvalue weighted by atomic mass is 16.5. The number of carbonyl (C=O) groups excluding carboxylic acids is 2. The van der Waals surface area contributed by atoms with E-state index >= 15 is 0 Å². The van der Waals surface area contributed by atoms with E-state index in [0.717, 1.165) is 25.2 Å². The van der Waals surface area contributed by atoms with E-state index in [4.69, 9.17) is 0 Å². The highest BCUT2D eigenvalue weighted by molar-refractivity contribution is 6.07. The number of ether oxygens (including phenoxy) is 1. The molecule has 2 aliphatic rings. The molecular weight excluding hydrogens is 310 g/mol. The van der Waals surface area contributed by atoms with Crippen LogP contribution >= 0.6 is 0 Å². The van der Waals surface area contributed by atoms with Crippen LogP contribution in [0.15, 0.2) is 30.6 Å². The zero-order chi connectivity index (χ0) is 16.7. The van der Waals surface area contributed by atoms with Crippen LogP contribution in [0.5, 0.6) is 0 Å². The van der Waals surface area contributed by atoms with E-state index in [1.165, 1.54) is 7.11 Å². The summed E-state index contributed by atoms with van der Waals surface area (Å²) >= 11 is 0. The van der Waals surface area contributed by atoms with Crippen LogP contribution in [0.1, 0.15) is 27.5 Å². The van der Waals surface area contributed by atoms with Gasteiger partial charge in [-0.25, -0.2) is 14.8 Å². The Morgan fingerprint density at radius 2 is 2.17 bits per heavy atom. The van der Waals surface area contributed by atoms with E-state index in [0.29, 0.717) is 11.5 Å². The van der Waals surface area contributed by atoms with E-state index in [2.05, 4.69) is 24.6 Å². The molecule has 4 rings (SSSR count). The van der Waals surface area contributed by atoms with Gasteiger partial charge in [0, 0.05) is 19.3 Å². The zero-order valence-corrected chi connectivity index (χ0v) is 13.0. The highest BCUT2D eigenvalue weighted by Gasteiger charge is 2.41. The van der Waals surface area contributed by atoms with E-state index in [1.807, 2.05) is 0 Å². The van der Waals surface area contributed by atoms with Gasteiger partial charge in [-0.1, -0.05) is 6.07 Å². The monoisotopic (exact) mass is 325 g/mol. The van der Waals surface area contributed by atoms with E-state index in [9.17, 15) is 9.59 Å². The van der Waals surface area contributed by atoms with Crippen molar-refractivity contribution in [2.45, 2.75) is 12.5 Å². The lowest BCUT2D eigenvalue weighted by atomic mass is 10.1. The van der Waals surface area contributed by atoms with E-state index < -0.39 is 5.97 Å². The Morgan fingerprint density at radius 3 is 2.92 bits per heavy atom. The number of fused-ring (bicyclic) bond motifs is 4. The van der Waals surface area contributed by atoms with E-state index in [-0.39, 0.29) is 17.8 Å². The molecule has 0 aromatic carbocycles. The number of carbonyl (C=O) groups is 2. The zero-order valence-electron chi connectivity index (χ0n) is 13.0. The van der Waals surface area contributed by atoms with Crippen LogP contribution in [-0.4, -0.2) is 53.1 Å². The van der Waals surface area contributed by atoms with Gasteiger partial charge in [0.2, 0.25) is 5.82 Å². The normalized spacial score (nSPS) is 18.3. The molecule has 1 saturated heterocycles. The summed E-state index contributed by atoms with van der Waals surface area (Å²) in [5, 5.41) is 0. The minimum atomic E-state index is -0.629. The Kier molecular flexibility index (Phi) is 3.37. The first-order chi connectivity index (χ1) is 11.7. The van der Waals surface area contributed by atoms with Gasteiger partial charge in [-0.05, 0) is 18.6 Å². The predicted octanol–water partition coefficient (Wildman–Crippen LogP) is 0.897. The van der Waals surface area contributed by atoms with Crippen LogP contribution in [-0.2, 0) is 4.74 Å². The summed E-state index contributed by atoms with van der Waals surface area (Å²) in [4.78, 5) is 41.0. The van der Waals surface area contributed by atoms with Crippen molar-refractivity contribution < 1.29 is 14.3 Å². The summed E-state index contributed by atoms with van der Waals surface area (Å²) in [6.45, 7) is 1.55. The Bertz CT molecular complexity index is 811. The molecule has 0 aliphatic carbocycles. The van der Waals surface area contributed by atoms with E-state index in [1.54, 1.807) is 35.5 Å². The van der Waals surface area contributed by atoms with Gasteiger partial charge >= 0.3 is 5.97 Å². The number of aromatic nitrogens is 3. The Labute approximate surface area is 138 Å². The molecule has 2 aromatic heterocycles. The van der Waals surface area contributed by atoms with Gasteiger partial charge in [-0.3, -0.25) is 14.7 Å². The first-order valence-electron chi connectivity index (χ1n) is 7.64. The van der Waals surface area contributed by atoms with Crippen molar-refractivity contribution >= 4 is 23.4 Å². The number of nitrogens with zero attached hydrogens (tertiary/aromatic N) is 5. The molecule has 2 aromatic rings. The average molecular weight is 325 g/mol. The Morgan fingerprint density at radius 1 is 1.29 bits per heavy atom. The summed E-state index contributed by atoms with van der Waals surface area (Å²) < 4.78 is 4.68. The molecule has 1 fully saturated rings. The summed E-state index contributed by atoms with van der Waals surface area (Å²) in [6.07, 6.45) is 4.00. The molecule has 2 bridgehead atoms. The third kappa shape index (κ3) is 2.18. The molecule has 1 atom stereocenters. The van der Waals surface area contributed by atoms with Crippen molar-refractivity contribution in [3.05, 3.63) is 42.1 Å². The molecule has 0 unspecified atom stereocenters. The van der Waals surface area contributed by atoms with Gasteiger partial charge < -0.3 is 9.64 Å². The minimum Gasteiger partial charge on any atom is -0.463 e. The quantitative estimate of drug-likeness (QED) is 0.758. The third-order valence-electron chi connectivity index (χ3n) is 4.32. The van der Waals surface area contributed by atoms with Gasteiger partial charge in [-0.15, -0.1) is 0 Å². The smallest absolute Gasteiger partial charge is 0.376 e. The molecule has 8 heteroatoms. The number of esters is 1. The van der Waals surface area contributed by atoms with Crippen molar-refractivity contribution in [1.29, 1.82) is 0 Å². The second-order valence-electron chi connectivity index (χ2n) is 5.67. The second-order valence-corrected chi connectivity index (χ2v) is 5.67. The van der Waals surface area contributed by atoms with Crippen molar-refractivity contribution in [2.24, 2.45) is 0 Å². The second kappa shape index (κ2) is 5.55. The Hall–Kier alpha value is -3.03. The fourth-order valence-electron chi connectivity index (χ4n) is 3.18. The molecule has 1 amide bonds. The number of anilines is 2. The summed E-state index contributed by atoms with van der Waals surface area (Å²) in [5.41, 5.74) is 1.10. The molecular formula is C16H15N5O3. The van der Waals surface area contributed by atoms with Crippen molar-refractivity contribution in [3.63, 3.8) is 0 Å². The lowest BCUT2D eigenvalue weighted by Crippen LogP contribution is -2.47. The summed E-state index contributed by atoms with van der Waals surface area (Å²) in [6, 6.07) is 5.21. The fourth-order valence-corrected chi connectivity index (χ4v) is 3.18. The summed E-state index contributed by atoms with van der Waals surface area (Å²) in [5.74, 6) is -0.471. The van der Waals surface area contributed by atoms with Crippen LogP contribution in [0.3, 0.4) is 0 Å². The van der Waals surface area contributed by atoms with Crippen molar-refractivity contribution in [2.75, 3.05) is 30.0 Å². The maximum Gasteiger partial charge on any atom is 0.376 e. The van der Waals surface area contributed by atoms with Crippen molar-refractivity contribution in [3.8, 4) is 0 Å². The fraction of sp³-hybridized carbons (Fsp3) is 0.312. The molecule has 24 heavy (non-hydrogen) atoms. The van der Waals surface area contributed by atoms with Crippen LogP contribution in [0.2, 0.25) is 0 Å². The lowest BCUT2D eigenvalue weighted by Gasteiger charge is -2.35. The largest absolute Gasteiger partial charge is 0.463 e. The van der Waals surface area contributed by atoms with Crippen LogP contribution in [0, 0.1) is 0 Å². The first-order valence-corrected chi connectivity index (χ1v) is 7.64. The molecule has 122 valence electrons. The van der Waals surface area contributed by atoms with Gasteiger partial charge in [-0.2, -0.15) is 0 Å². The van der Waals surface area contributed by atoms with Gasteiger partial charge in [0.15, 0.2) is 5.82 Å². The third-order valence-corrected chi connectivity index (χ3v) is 4.32. The van der Waals surface area contributed by atoms with Crippen LogP contribution < -0.4 is 9.80 Å². The maximum absolute atomic E-state index is 13.0. The highest BCUT2D eigenvalue weighted by Crippen LogP contribution is 2.38. The predicted molar refractivity (Wildman–Crippen MR) is 85.0 cm³/mol. The van der Waals surface area contributed by atoms with Gasteiger partial charge in [0.25, 0.3) is 5.91 Å². The maximum atomic E-state index is 13.0. The van der Waals surface area contributed by atoms with Crippen molar-refractivity contribution in [1.82, 2.24) is 15.0 Å². The number of methoxy groups -OCH3 is 1. The van der Waals surface area contributed by atoms with Gasteiger partial charge in [0.05, 0.1) is 25.0 Å². The molecule has 2 aliphatic heterocycles. The lowest BCUT2D eigenvalue weighted by molar-refractivity contribution is 0.0586. The molecule has 0 N–H and O–H groups in total. The number of amides is 1. The van der Waals surface area contributed by atoms with Crippen LogP contribution in [0.25, 0.3) is 0 Å². The standard InChI is InChI=1S/C16H15N5O3/c1-24-16(23)13-18-8-12-14(19-13)21(10-5-7-20(12)9-10)15(22)11-4-2-3-6-17-11/h2-4,6,8,10H,5,7,9H2,1H3/t10-/m0/s1. The topological polar surface area (TPSA) is 88.5 Å². The Balaban J connectivity index is 1.81. The number of pyridine rings is 1. The molecule has 0 spiro atoms. The molecule has 8 nitrogen and oxygen atoms in total. The average Bonchev–Trinajstić information content (AvgIpc) is 3.06. The van der Waals surface area contributed by atoms with Gasteiger partial charge in [0.1, 0.15) is 5.69 Å².